The lowest BCUT2D eigenvalue weighted by molar-refractivity contribution is -0.138. The fourth-order valence-corrected chi connectivity index (χ4v) is 1.65. The number of esters is 1. The first kappa shape index (κ1) is 15.8. The predicted molar refractivity (Wildman–Crippen MR) is 79.0 cm³/mol. The predicted octanol–water partition coefficient (Wildman–Crippen LogP) is 3.26. The number of ether oxygens (including phenoxy) is 1. The number of benzene rings is 1. The maximum absolute atomic E-state index is 11.8. The Labute approximate surface area is 120 Å². The minimum Gasteiger partial charge on any atom is -0.462 e. The van der Waals surface area contributed by atoms with E-state index >= 15 is 0 Å². The molecule has 20 heavy (non-hydrogen) atoms. The van der Waals surface area contributed by atoms with Crippen molar-refractivity contribution in [3.63, 3.8) is 0 Å². The van der Waals surface area contributed by atoms with Crippen LogP contribution in [0.4, 0.5) is 5.69 Å². The Morgan fingerprint density at radius 3 is 2.65 bits per heavy atom. The standard InChI is InChI=1S/C16H20N2O2/c1-3-4-8-11-20-16(19)14(12-17)13-18(2)15-9-6-5-7-10-15/h5-7,9-10,13H,3-4,8,11H2,1-2H3. The lowest BCUT2D eigenvalue weighted by Gasteiger charge is -2.14. The number of rotatable bonds is 7. The molecule has 1 rings (SSSR count). The molecule has 0 radical (unpaired) electrons. The number of hydrogen-bond acceptors (Lipinski definition) is 4. The number of anilines is 1. The Morgan fingerprint density at radius 1 is 1.35 bits per heavy atom. The Morgan fingerprint density at radius 2 is 2.05 bits per heavy atom. The van der Waals surface area contributed by atoms with Gasteiger partial charge in [0.2, 0.25) is 0 Å². The first-order valence-corrected chi connectivity index (χ1v) is 6.76. The maximum Gasteiger partial charge on any atom is 0.350 e. The molecule has 0 saturated carbocycles. The second-order valence-corrected chi connectivity index (χ2v) is 4.44. The molecule has 0 saturated heterocycles. The van der Waals surface area contributed by atoms with Crippen LogP contribution in [0.25, 0.3) is 0 Å². The van der Waals surface area contributed by atoms with Crippen molar-refractivity contribution in [2.24, 2.45) is 0 Å². The third-order valence-electron chi connectivity index (χ3n) is 2.81. The maximum atomic E-state index is 11.8. The van der Waals surface area contributed by atoms with E-state index in [2.05, 4.69) is 6.92 Å². The van der Waals surface area contributed by atoms with Gasteiger partial charge < -0.3 is 9.64 Å². The van der Waals surface area contributed by atoms with Gasteiger partial charge in [0.15, 0.2) is 5.57 Å². The van der Waals surface area contributed by atoms with Gasteiger partial charge >= 0.3 is 5.97 Å². The van der Waals surface area contributed by atoms with Crippen LogP contribution in [-0.4, -0.2) is 19.6 Å². The molecule has 0 atom stereocenters. The molecule has 0 amide bonds. The van der Waals surface area contributed by atoms with Crippen LogP contribution in [0, 0.1) is 11.3 Å². The van der Waals surface area contributed by atoms with Crippen LogP contribution in [0.1, 0.15) is 26.2 Å². The van der Waals surface area contributed by atoms with Crippen molar-refractivity contribution >= 4 is 11.7 Å². The van der Waals surface area contributed by atoms with Crippen LogP contribution in [0.15, 0.2) is 42.1 Å². The van der Waals surface area contributed by atoms with Crippen LogP contribution < -0.4 is 4.90 Å². The van der Waals surface area contributed by atoms with Crippen LogP contribution in [0.5, 0.6) is 0 Å². The van der Waals surface area contributed by atoms with Crippen LogP contribution in [0.3, 0.4) is 0 Å². The molecule has 0 fully saturated rings. The summed E-state index contributed by atoms with van der Waals surface area (Å²) >= 11 is 0. The molecule has 0 spiro atoms. The molecule has 0 N–H and O–H groups in total. The summed E-state index contributed by atoms with van der Waals surface area (Å²) in [5, 5.41) is 9.05. The van der Waals surface area contributed by atoms with E-state index in [1.807, 2.05) is 36.4 Å². The Kier molecular flexibility index (Phi) is 6.91. The molecule has 106 valence electrons. The summed E-state index contributed by atoms with van der Waals surface area (Å²) in [6.45, 7) is 2.44. The smallest absolute Gasteiger partial charge is 0.350 e. The monoisotopic (exact) mass is 272 g/mol. The van der Waals surface area contributed by atoms with Crippen molar-refractivity contribution in [2.75, 3.05) is 18.6 Å². The minimum absolute atomic E-state index is 0.00727. The summed E-state index contributed by atoms with van der Waals surface area (Å²) in [5.74, 6) is -0.564. The molecule has 0 bridgehead atoms. The third-order valence-corrected chi connectivity index (χ3v) is 2.81. The normalized spacial score (nSPS) is 10.8. The molecular weight excluding hydrogens is 252 g/mol. The molecule has 0 unspecified atom stereocenters. The number of nitrogens with zero attached hydrogens (tertiary/aromatic N) is 2. The molecule has 0 aliphatic rings. The SMILES string of the molecule is CCCCCOC(=O)C(C#N)=CN(C)c1ccccc1. The first-order valence-electron chi connectivity index (χ1n) is 6.76. The highest BCUT2D eigenvalue weighted by Crippen LogP contribution is 2.13. The lowest BCUT2D eigenvalue weighted by Crippen LogP contribution is -2.14. The molecule has 0 aliphatic heterocycles. The van der Waals surface area contributed by atoms with E-state index in [-0.39, 0.29) is 5.57 Å². The summed E-state index contributed by atoms with van der Waals surface area (Å²) in [6, 6.07) is 11.4. The number of carbonyl (C=O) groups is 1. The number of para-hydroxylation sites is 1. The average molecular weight is 272 g/mol. The average Bonchev–Trinajstić information content (AvgIpc) is 2.49. The Bertz CT molecular complexity index is 489. The second kappa shape index (κ2) is 8.76. The molecule has 0 aromatic heterocycles. The molecule has 1 aromatic carbocycles. The van der Waals surface area contributed by atoms with Gasteiger partial charge in [-0.3, -0.25) is 0 Å². The van der Waals surface area contributed by atoms with E-state index in [1.54, 1.807) is 11.9 Å². The van der Waals surface area contributed by atoms with Gasteiger partial charge in [-0.15, -0.1) is 0 Å². The second-order valence-electron chi connectivity index (χ2n) is 4.44. The molecule has 1 aromatic rings. The third kappa shape index (κ3) is 5.15. The Hall–Kier alpha value is -2.28. The van der Waals surface area contributed by atoms with Gasteiger partial charge in [-0.05, 0) is 18.6 Å². The van der Waals surface area contributed by atoms with Crippen LogP contribution in [0.2, 0.25) is 0 Å². The molecule has 0 aliphatic carbocycles. The largest absolute Gasteiger partial charge is 0.462 e. The highest BCUT2D eigenvalue weighted by molar-refractivity contribution is 5.93. The van der Waals surface area contributed by atoms with Crippen molar-refractivity contribution in [3.8, 4) is 6.07 Å². The summed E-state index contributed by atoms with van der Waals surface area (Å²) in [7, 11) is 1.79. The zero-order valence-corrected chi connectivity index (χ0v) is 12.0. The van der Waals surface area contributed by atoms with Gasteiger partial charge in [-0.2, -0.15) is 5.26 Å². The van der Waals surface area contributed by atoms with Crippen LogP contribution in [-0.2, 0) is 9.53 Å². The van der Waals surface area contributed by atoms with E-state index in [0.29, 0.717) is 6.61 Å². The minimum atomic E-state index is -0.564. The van der Waals surface area contributed by atoms with Gasteiger partial charge in [0.25, 0.3) is 0 Å². The van der Waals surface area contributed by atoms with E-state index in [4.69, 9.17) is 10.00 Å². The van der Waals surface area contributed by atoms with E-state index < -0.39 is 5.97 Å². The highest BCUT2D eigenvalue weighted by Gasteiger charge is 2.11. The highest BCUT2D eigenvalue weighted by atomic mass is 16.5. The van der Waals surface area contributed by atoms with Crippen LogP contribution >= 0.6 is 0 Å². The summed E-state index contributed by atoms with van der Waals surface area (Å²) in [6.07, 6.45) is 4.41. The lowest BCUT2D eigenvalue weighted by atomic mass is 10.2. The molecule has 0 heterocycles. The zero-order valence-electron chi connectivity index (χ0n) is 12.0. The first-order chi connectivity index (χ1) is 9.69. The number of nitriles is 1. The topological polar surface area (TPSA) is 53.3 Å². The fourth-order valence-electron chi connectivity index (χ4n) is 1.65. The molecular formula is C16H20N2O2. The summed E-state index contributed by atoms with van der Waals surface area (Å²) in [4.78, 5) is 13.5. The van der Waals surface area contributed by atoms with Crippen molar-refractivity contribution in [1.29, 1.82) is 5.26 Å². The molecule has 4 nitrogen and oxygen atoms in total. The van der Waals surface area contributed by atoms with Crippen molar-refractivity contribution in [3.05, 3.63) is 42.1 Å². The zero-order chi connectivity index (χ0) is 14.8. The number of carbonyl (C=O) groups excluding carboxylic acids is 1. The van der Waals surface area contributed by atoms with Crippen molar-refractivity contribution < 1.29 is 9.53 Å². The van der Waals surface area contributed by atoms with E-state index in [9.17, 15) is 4.79 Å². The number of unbranched alkanes of at least 4 members (excludes halogenated alkanes) is 2. The van der Waals surface area contributed by atoms with Gasteiger partial charge in [0, 0.05) is 18.9 Å². The Balaban J connectivity index is 2.63. The van der Waals surface area contributed by atoms with Gasteiger partial charge in [0.05, 0.1) is 6.61 Å². The van der Waals surface area contributed by atoms with Gasteiger partial charge in [-0.1, -0.05) is 38.0 Å². The summed E-state index contributed by atoms with van der Waals surface area (Å²) < 4.78 is 5.08. The van der Waals surface area contributed by atoms with Crippen molar-refractivity contribution in [2.45, 2.75) is 26.2 Å². The summed E-state index contributed by atoms with van der Waals surface area (Å²) in [5.41, 5.74) is 0.909. The van der Waals surface area contributed by atoms with Gasteiger partial charge in [0.1, 0.15) is 6.07 Å². The fraction of sp³-hybridized carbons (Fsp3) is 0.375. The van der Waals surface area contributed by atoms with E-state index in [0.717, 1.165) is 24.9 Å². The quantitative estimate of drug-likeness (QED) is 0.331. The van der Waals surface area contributed by atoms with Gasteiger partial charge in [-0.25, -0.2) is 4.79 Å². The number of hydrogen-bond donors (Lipinski definition) is 0. The van der Waals surface area contributed by atoms with Crippen molar-refractivity contribution in [1.82, 2.24) is 0 Å². The molecule has 4 heteroatoms. The van der Waals surface area contributed by atoms with E-state index in [1.165, 1.54) is 6.20 Å².